The van der Waals surface area contributed by atoms with Crippen LogP contribution in [0.2, 0.25) is 0 Å². The molecule has 0 bridgehead atoms. The molecule has 3 aromatic carbocycles. The highest BCUT2D eigenvalue weighted by Gasteiger charge is 2.09. The van der Waals surface area contributed by atoms with Gasteiger partial charge in [-0.3, -0.25) is 4.99 Å². The second kappa shape index (κ2) is 7.40. The van der Waals surface area contributed by atoms with Crippen LogP contribution in [-0.2, 0) is 0 Å². The van der Waals surface area contributed by atoms with Crippen LogP contribution in [0.4, 0.5) is 5.69 Å². The molecule has 0 heterocycles. The highest BCUT2D eigenvalue weighted by Crippen LogP contribution is 2.35. The number of aliphatic imine (C=N–C) groups is 1. The number of halogens is 1. The van der Waals surface area contributed by atoms with Gasteiger partial charge in [0.1, 0.15) is 11.4 Å². The molecule has 0 unspecified atom stereocenters. The Labute approximate surface area is 154 Å². The fourth-order valence-corrected chi connectivity index (χ4v) is 2.88. The molecule has 3 aromatic rings. The first-order chi connectivity index (χ1) is 12.1. The Kier molecular flexibility index (Phi) is 5.05. The summed E-state index contributed by atoms with van der Waals surface area (Å²) in [6.07, 6.45) is 1.49. The number of hydrogen-bond donors (Lipinski definition) is 2. The van der Waals surface area contributed by atoms with Crippen molar-refractivity contribution in [3.05, 3.63) is 70.7 Å². The van der Waals surface area contributed by atoms with Crippen molar-refractivity contribution in [2.24, 2.45) is 4.99 Å². The van der Waals surface area contributed by atoms with Crippen molar-refractivity contribution in [3.63, 3.8) is 0 Å². The smallest absolute Gasteiger partial charge is 0.166 e. The van der Waals surface area contributed by atoms with Crippen molar-refractivity contribution in [2.75, 3.05) is 7.11 Å². The molecule has 5 heteroatoms. The summed E-state index contributed by atoms with van der Waals surface area (Å²) in [5.74, 6) is 0.406. The Balaban J connectivity index is 1.98. The van der Waals surface area contributed by atoms with Crippen LogP contribution < -0.4 is 4.74 Å². The van der Waals surface area contributed by atoms with E-state index in [-0.39, 0.29) is 11.5 Å². The lowest BCUT2D eigenvalue weighted by molar-refractivity contribution is 0.373. The summed E-state index contributed by atoms with van der Waals surface area (Å²) in [5, 5.41) is 20.3. The van der Waals surface area contributed by atoms with Gasteiger partial charge in [0, 0.05) is 16.3 Å². The zero-order chi connectivity index (χ0) is 17.8. The molecule has 0 fully saturated rings. The van der Waals surface area contributed by atoms with Gasteiger partial charge in [-0.15, -0.1) is 0 Å². The number of rotatable bonds is 4. The summed E-state index contributed by atoms with van der Waals surface area (Å²) in [4.78, 5) is 4.33. The molecule has 0 radical (unpaired) electrons. The van der Waals surface area contributed by atoms with Gasteiger partial charge in [-0.2, -0.15) is 0 Å². The van der Waals surface area contributed by atoms with Crippen LogP contribution in [0.15, 0.2) is 70.1 Å². The Morgan fingerprint density at radius 1 is 0.960 bits per heavy atom. The minimum atomic E-state index is -0.00634. The lowest BCUT2D eigenvalue weighted by Gasteiger charge is -2.07. The number of phenolic OH excluding ortho intramolecular Hbond substituents is 2. The number of ether oxygens (including phenoxy) is 1. The van der Waals surface area contributed by atoms with Crippen LogP contribution in [0.5, 0.6) is 17.2 Å². The Hall–Kier alpha value is -2.79. The summed E-state index contributed by atoms with van der Waals surface area (Å²) in [6, 6.07) is 18.5. The lowest BCUT2D eigenvalue weighted by atomic mass is 10.0. The standard InChI is InChI=1S/C20H16BrNO3/c1-25-19-11-16(21)9-15(20(19)24)12-22-17-10-14(7-8-18(17)23)13-5-3-2-4-6-13/h2-12,23-24H,1H3. The summed E-state index contributed by atoms with van der Waals surface area (Å²) in [5.41, 5.74) is 2.88. The second-order valence-corrected chi connectivity index (χ2v) is 6.29. The first kappa shape index (κ1) is 17.0. The maximum absolute atomic E-state index is 10.2. The zero-order valence-electron chi connectivity index (χ0n) is 13.5. The van der Waals surface area contributed by atoms with Crippen LogP contribution in [-0.4, -0.2) is 23.5 Å². The van der Waals surface area contributed by atoms with E-state index in [0.29, 0.717) is 17.0 Å². The average Bonchev–Trinajstić information content (AvgIpc) is 2.64. The molecular weight excluding hydrogens is 382 g/mol. The van der Waals surface area contributed by atoms with Gasteiger partial charge < -0.3 is 14.9 Å². The molecule has 4 nitrogen and oxygen atoms in total. The highest BCUT2D eigenvalue weighted by molar-refractivity contribution is 9.10. The van der Waals surface area contributed by atoms with E-state index < -0.39 is 0 Å². The molecule has 3 rings (SSSR count). The maximum atomic E-state index is 10.2. The number of benzene rings is 3. The fraction of sp³-hybridized carbons (Fsp3) is 0.0500. The van der Waals surface area contributed by atoms with Gasteiger partial charge in [0.25, 0.3) is 0 Å². The van der Waals surface area contributed by atoms with E-state index >= 15 is 0 Å². The predicted octanol–water partition coefficient (Wildman–Crippen LogP) is 5.29. The lowest BCUT2D eigenvalue weighted by Crippen LogP contribution is -1.89. The summed E-state index contributed by atoms with van der Waals surface area (Å²) < 4.78 is 5.88. The van der Waals surface area contributed by atoms with E-state index in [1.807, 2.05) is 36.4 Å². The Bertz CT molecular complexity index is 924. The van der Waals surface area contributed by atoms with Gasteiger partial charge in [-0.25, -0.2) is 0 Å². The van der Waals surface area contributed by atoms with Crippen LogP contribution in [0.25, 0.3) is 11.1 Å². The molecule has 0 saturated carbocycles. The third-order valence-corrected chi connectivity index (χ3v) is 4.17. The topological polar surface area (TPSA) is 62.0 Å². The van der Waals surface area contributed by atoms with Crippen LogP contribution in [0, 0.1) is 0 Å². The van der Waals surface area contributed by atoms with Crippen LogP contribution in [0.1, 0.15) is 5.56 Å². The molecule has 0 saturated heterocycles. The molecule has 0 spiro atoms. The average molecular weight is 398 g/mol. The van der Waals surface area contributed by atoms with Crippen molar-refractivity contribution in [2.45, 2.75) is 0 Å². The summed E-state index contributed by atoms with van der Waals surface area (Å²) >= 11 is 3.37. The van der Waals surface area contributed by atoms with E-state index in [9.17, 15) is 10.2 Å². The summed E-state index contributed by atoms with van der Waals surface area (Å²) in [7, 11) is 1.48. The van der Waals surface area contributed by atoms with Crippen LogP contribution in [0.3, 0.4) is 0 Å². The van der Waals surface area contributed by atoms with Crippen molar-refractivity contribution in [1.82, 2.24) is 0 Å². The van der Waals surface area contributed by atoms with Crippen molar-refractivity contribution in [3.8, 4) is 28.4 Å². The van der Waals surface area contributed by atoms with E-state index in [1.54, 1.807) is 24.3 Å². The second-order valence-electron chi connectivity index (χ2n) is 5.37. The third kappa shape index (κ3) is 3.83. The van der Waals surface area contributed by atoms with E-state index in [4.69, 9.17) is 4.74 Å². The van der Waals surface area contributed by atoms with Gasteiger partial charge in [-0.05, 0) is 35.4 Å². The van der Waals surface area contributed by atoms with Gasteiger partial charge in [0.15, 0.2) is 11.5 Å². The summed E-state index contributed by atoms with van der Waals surface area (Å²) in [6.45, 7) is 0. The highest BCUT2D eigenvalue weighted by atomic mass is 79.9. The van der Waals surface area contributed by atoms with Crippen molar-refractivity contribution in [1.29, 1.82) is 0 Å². The fourth-order valence-electron chi connectivity index (χ4n) is 2.42. The predicted molar refractivity (Wildman–Crippen MR) is 103 cm³/mol. The van der Waals surface area contributed by atoms with Crippen molar-refractivity contribution < 1.29 is 14.9 Å². The Morgan fingerprint density at radius 3 is 2.44 bits per heavy atom. The van der Waals surface area contributed by atoms with Gasteiger partial charge in [0.05, 0.1) is 7.11 Å². The number of phenols is 2. The molecule has 0 aliphatic heterocycles. The van der Waals surface area contributed by atoms with Crippen molar-refractivity contribution >= 4 is 27.8 Å². The Morgan fingerprint density at radius 2 is 1.72 bits per heavy atom. The molecule has 0 amide bonds. The minimum absolute atomic E-state index is 0.00634. The largest absolute Gasteiger partial charge is 0.506 e. The monoisotopic (exact) mass is 397 g/mol. The van der Waals surface area contributed by atoms with Gasteiger partial charge in [-0.1, -0.05) is 52.3 Å². The number of methoxy groups -OCH3 is 1. The van der Waals surface area contributed by atoms with Gasteiger partial charge in [0.2, 0.25) is 0 Å². The van der Waals surface area contributed by atoms with Gasteiger partial charge >= 0.3 is 0 Å². The first-order valence-electron chi connectivity index (χ1n) is 7.57. The number of aromatic hydroxyl groups is 2. The maximum Gasteiger partial charge on any atom is 0.166 e. The molecule has 0 aliphatic rings. The first-order valence-corrected chi connectivity index (χ1v) is 8.37. The normalized spacial score (nSPS) is 11.0. The van der Waals surface area contributed by atoms with Crippen LogP contribution >= 0.6 is 15.9 Å². The molecule has 126 valence electrons. The van der Waals surface area contributed by atoms with E-state index in [2.05, 4.69) is 20.9 Å². The molecule has 0 aliphatic carbocycles. The minimum Gasteiger partial charge on any atom is -0.506 e. The zero-order valence-corrected chi connectivity index (χ0v) is 15.1. The SMILES string of the molecule is COc1cc(Br)cc(C=Nc2cc(-c3ccccc3)ccc2O)c1O. The molecule has 0 aromatic heterocycles. The molecule has 2 N–H and O–H groups in total. The molecular formula is C20H16BrNO3. The molecule has 0 atom stereocenters. The third-order valence-electron chi connectivity index (χ3n) is 3.71. The number of hydrogen-bond acceptors (Lipinski definition) is 4. The van der Waals surface area contributed by atoms with E-state index in [0.717, 1.165) is 15.6 Å². The quantitative estimate of drug-likeness (QED) is 0.588. The number of nitrogens with zero attached hydrogens (tertiary/aromatic N) is 1. The molecule has 25 heavy (non-hydrogen) atoms. The van der Waals surface area contributed by atoms with E-state index in [1.165, 1.54) is 13.3 Å².